The van der Waals surface area contributed by atoms with Crippen LogP contribution in [0, 0.1) is 0 Å². The van der Waals surface area contributed by atoms with E-state index in [1.807, 2.05) is 0 Å². The monoisotopic (exact) mass is 511 g/mol. The summed E-state index contributed by atoms with van der Waals surface area (Å²) in [4.78, 5) is 11.1. The molecular weight excluding hydrogens is 470 g/mol. The minimum atomic E-state index is -1.67. The molecule has 2 rings (SSSR count). The van der Waals surface area contributed by atoms with Crippen molar-refractivity contribution in [3.63, 3.8) is 0 Å². The fraction of sp³-hybridized carbons (Fsp3) is 0.955. The largest absolute Gasteiger partial charge is 0.469 e. The lowest BCUT2D eigenvalue weighted by molar-refractivity contribution is -0.343. The zero-order valence-electron chi connectivity index (χ0n) is 20.1. The number of aliphatic hydroxyl groups excluding tert-OH is 6. The number of nitrogens with two attached hydrogens (primary N) is 1. The van der Waals surface area contributed by atoms with E-state index in [9.17, 15) is 35.4 Å². The van der Waals surface area contributed by atoms with Gasteiger partial charge in [0, 0.05) is 13.0 Å². The second kappa shape index (κ2) is 15.3. The lowest BCUT2D eigenvalue weighted by Crippen LogP contribution is -2.66. The Morgan fingerprint density at radius 1 is 0.800 bits per heavy atom. The highest BCUT2D eigenvalue weighted by Crippen LogP contribution is 2.29. The molecule has 10 atom stereocenters. The smallest absolute Gasteiger partial charge is 0.305 e. The van der Waals surface area contributed by atoms with Gasteiger partial charge in [-0.15, -0.1) is 0 Å². The van der Waals surface area contributed by atoms with Crippen LogP contribution in [0.15, 0.2) is 0 Å². The van der Waals surface area contributed by atoms with Crippen LogP contribution in [0.25, 0.3) is 0 Å². The Morgan fingerprint density at radius 3 is 2.00 bits per heavy atom. The standard InChI is InChI=1S/C22H41NO12/c1-31-14(26)8-6-4-2-3-5-7-9-32-21-15(23)20(17(28)13(11-25)33-21)35-22-19(30)18(29)16(27)12(10-24)34-22/h12-13,15-22,24-25,27-30H,2-11,23H2,1H3/t12?,13?,15?,16-,17+,18?,19?,20?,21+,22?/m0/s1. The number of hydrogen-bond donors (Lipinski definition) is 7. The molecule has 0 bridgehead atoms. The van der Waals surface area contributed by atoms with E-state index in [-0.39, 0.29) is 5.97 Å². The first-order chi connectivity index (χ1) is 16.7. The van der Waals surface area contributed by atoms with Gasteiger partial charge in [0.15, 0.2) is 12.6 Å². The van der Waals surface area contributed by atoms with E-state index in [1.54, 1.807) is 0 Å². The lowest BCUT2D eigenvalue weighted by atomic mass is 9.96. The van der Waals surface area contributed by atoms with Crippen molar-refractivity contribution in [3.05, 3.63) is 0 Å². The van der Waals surface area contributed by atoms with Crippen LogP contribution in [-0.4, -0.2) is 125 Å². The van der Waals surface area contributed by atoms with Crippen molar-refractivity contribution >= 4 is 5.97 Å². The molecule has 0 aromatic carbocycles. The van der Waals surface area contributed by atoms with Crippen LogP contribution in [0.3, 0.4) is 0 Å². The van der Waals surface area contributed by atoms with Gasteiger partial charge in [0.1, 0.15) is 42.7 Å². The van der Waals surface area contributed by atoms with E-state index in [1.165, 1.54) is 7.11 Å². The summed E-state index contributed by atoms with van der Waals surface area (Å²) in [5.74, 6) is -0.206. The number of hydrogen-bond acceptors (Lipinski definition) is 13. The normalized spacial score (nSPS) is 37.8. The minimum absolute atomic E-state index is 0.206. The third-order valence-corrected chi connectivity index (χ3v) is 6.32. The van der Waals surface area contributed by atoms with Crippen molar-refractivity contribution in [2.45, 2.75) is 106 Å². The van der Waals surface area contributed by atoms with Gasteiger partial charge in [0.25, 0.3) is 0 Å². The summed E-state index contributed by atoms with van der Waals surface area (Å²) in [5.41, 5.74) is 6.20. The minimum Gasteiger partial charge on any atom is -0.469 e. The first-order valence-corrected chi connectivity index (χ1v) is 12.1. The molecule has 2 aliphatic heterocycles. The van der Waals surface area contributed by atoms with E-state index in [0.717, 1.165) is 32.1 Å². The molecule has 0 aromatic heterocycles. The van der Waals surface area contributed by atoms with Gasteiger partial charge in [-0.2, -0.15) is 0 Å². The van der Waals surface area contributed by atoms with E-state index in [4.69, 9.17) is 24.7 Å². The van der Waals surface area contributed by atoms with E-state index < -0.39 is 74.6 Å². The fourth-order valence-electron chi connectivity index (χ4n) is 4.12. The molecule has 13 heteroatoms. The summed E-state index contributed by atoms with van der Waals surface area (Å²) in [5, 5.41) is 59.7. The summed E-state index contributed by atoms with van der Waals surface area (Å²) in [7, 11) is 1.37. The highest BCUT2D eigenvalue weighted by molar-refractivity contribution is 5.68. The Kier molecular flexibility index (Phi) is 13.2. The number of carbonyl (C=O) groups excluding carboxylic acids is 1. The average molecular weight is 512 g/mol. The SMILES string of the molecule is COC(=O)CCCCCCCCO[C@@H]1OC(CO)[C@@H](O)C(OC2OC(CO)[C@H](O)C(O)C2O)C1N. The van der Waals surface area contributed by atoms with E-state index in [0.29, 0.717) is 19.4 Å². The van der Waals surface area contributed by atoms with Crippen LogP contribution in [-0.2, 0) is 28.5 Å². The van der Waals surface area contributed by atoms with Gasteiger partial charge in [0.2, 0.25) is 0 Å². The molecular formula is C22H41NO12. The predicted molar refractivity (Wildman–Crippen MR) is 119 cm³/mol. The molecule has 8 N–H and O–H groups in total. The number of rotatable bonds is 14. The van der Waals surface area contributed by atoms with E-state index >= 15 is 0 Å². The van der Waals surface area contributed by atoms with Crippen molar-refractivity contribution in [2.24, 2.45) is 5.73 Å². The molecule has 206 valence electrons. The highest BCUT2D eigenvalue weighted by atomic mass is 16.7. The number of unbranched alkanes of at least 4 members (excludes halogenated alkanes) is 5. The molecule has 2 aliphatic rings. The third-order valence-electron chi connectivity index (χ3n) is 6.32. The van der Waals surface area contributed by atoms with Crippen molar-refractivity contribution in [1.82, 2.24) is 0 Å². The molecule has 0 amide bonds. The van der Waals surface area contributed by atoms with Gasteiger partial charge in [-0.25, -0.2) is 0 Å². The van der Waals surface area contributed by atoms with Crippen molar-refractivity contribution in [3.8, 4) is 0 Å². The topological polar surface area (TPSA) is 211 Å². The van der Waals surface area contributed by atoms with Crippen LogP contribution in [0.1, 0.15) is 44.9 Å². The number of aliphatic hydroxyl groups is 6. The number of carbonyl (C=O) groups is 1. The second-order valence-corrected chi connectivity index (χ2v) is 8.91. The van der Waals surface area contributed by atoms with Crippen LogP contribution in [0.5, 0.6) is 0 Å². The maximum absolute atomic E-state index is 11.1. The molecule has 0 aliphatic carbocycles. The fourth-order valence-corrected chi connectivity index (χ4v) is 4.12. The van der Waals surface area contributed by atoms with Gasteiger partial charge in [-0.3, -0.25) is 4.79 Å². The molecule has 35 heavy (non-hydrogen) atoms. The molecule has 2 heterocycles. The summed E-state index contributed by atoms with van der Waals surface area (Å²) in [6.45, 7) is -0.876. The molecule has 2 fully saturated rings. The number of esters is 1. The van der Waals surface area contributed by atoms with Gasteiger partial charge >= 0.3 is 5.97 Å². The highest BCUT2D eigenvalue weighted by Gasteiger charge is 2.50. The maximum Gasteiger partial charge on any atom is 0.305 e. The third kappa shape index (κ3) is 8.54. The van der Waals surface area contributed by atoms with Gasteiger partial charge in [-0.1, -0.05) is 25.7 Å². The van der Waals surface area contributed by atoms with Gasteiger partial charge in [-0.05, 0) is 12.8 Å². The Bertz CT molecular complexity index is 611. The summed E-state index contributed by atoms with van der Waals surface area (Å²) >= 11 is 0. The van der Waals surface area contributed by atoms with Crippen LogP contribution in [0.2, 0.25) is 0 Å². The summed E-state index contributed by atoms with van der Waals surface area (Å²) in [6.07, 6.45) is -6.61. The average Bonchev–Trinajstić information content (AvgIpc) is 2.86. The van der Waals surface area contributed by atoms with Crippen molar-refractivity contribution < 1.29 is 59.1 Å². The van der Waals surface area contributed by atoms with Crippen molar-refractivity contribution in [2.75, 3.05) is 26.9 Å². The molecule has 2 saturated heterocycles. The molecule has 13 nitrogen and oxygen atoms in total. The quantitative estimate of drug-likeness (QED) is 0.0950. The van der Waals surface area contributed by atoms with Crippen LogP contribution < -0.4 is 5.73 Å². The van der Waals surface area contributed by atoms with Gasteiger partial charge < -0.3 is 60.1 Å². The molecule has 0 radical (unpaired) electrons. The predicted octanol–water partition coefficient (Wildman–Crippen LogP) is -2.50. The Balaban J connectivity index is 1.82. The second-order valence-electron chi connectivity index (χ2n) is 8.91. The molecule has 0 saturated carbocycles. The molecule has 0 spiro atoms. The lowest BCUT2D eigenvalue weighted by Gasteiger charge is -2.46. The Hall–Kier alpha value is -0.970. The number of methoxy groups -OCH3 is 1. The molecule has 0 aromatic rings. The zero-order chi connectivity index (χ0) is 26.0. The van der Waals surface area contributed by atoms with Gasteiger partial charge in [0.05, 0.1) is 26.4 Å². The van der Waals surface area contributed by atoms with Crippen molar-refractivity contribution in [1.29, 1.82) is 0 Å². The van der Waals surface area contributed by atoms with E-state index in [2.05, 4.69) is 4.74 Å². The Morgan fingerprint density at radius 2 is 1.37 bits per heavy atom. The zero-order valence-corrected chi connectivity index (χ0v) is 20.1. The molecule has 7 unspecified atom stereocenters. The van der Waals surface area contributed by atoms with Crippen LogP contribution >= 0.6 is 0 Å². The first kappa shape index (κ1) is 30.3. The summed E-state index contributed by atoms with van der Waals surface area (Å²) in [6, 6.07) is -1.03. The summed E-state index contributed by atoms with van der Waals surface area (Å²) < 4.78 is 26.9. The Labute approximate surface area is 204 Å². The maximum atomic E-state index is 11.1. The number of ether oxygens (including phenoxy) is 5. The first-order valence-electron chi connectivity index (χ1n) is 12.1. The van der Waals surface area contributed by atoms with Crippen LogP contribution in [0.4, 0.5) is 0 Å².